The molecular weight excluding hydrogens is 377 g/mol. The SMILES string of the molecule is Cn1c(=O)c2ccc(C(=O)O)cc2n2nc(-c3ccnc(C(F)(F)F)c3)cc12. The average molecular weight is 388 g/mol. The van der Waals surface area contributed by atoms with Crippen molar-refractivity contribution in [2.24, 2.45) is 7.05 Å². The van der Waals surface area contributed by atoms with Crippen LogP contribution in [0.25, 0.3) is 27.8 Å². The van der Waals surface area contributed by atoms with Crippen LogP contribution in [0.5, 0.6) is 0 Å². The van der Waals surface area contributed by atoms with Crippen LogP contribution in [0.3, 0.4) is 0 Å². The highest BCUT2D eigenvalue weighted by atomic mass is 19.4. The second-order valence-electron chi connectivity index (χ2n) is 6.13. The maximum atomic E-state index is 12.9. The summed E-state index contributed by atoms with van der Waals surface area (Å²) < 4.78 is 41.5. The van der Waals surface area contributed by atoms with E-state index < -0.39 is 17.8 Å². The largest absolute Gasteiger partial charge is 0.478 e. The van der Waals surface area contributed by atoms with Crippen molar-refractivity contribution in [1.29, 1.82) is 0 Å². The van der Waals surface area contributed by atoms with E-state index in [1.807, 2.05) is 0 Å². The number of alkyl halides is 3. The van der Waals surface area contributed by atoms with Crippen LogP contribution in [-0.4, -0.2) is 30.2 Å². The Labute approximate surface area is 154 Å². The summed E-state index contributed by atoms with van der Waals surface area (Å²) in [5.74, 6) is -1.17. The minimum atomic E-state index is -4.61. The molecule has 1 aromatic carbocycles. The van der Waals surface area contributed by atoms with Crippen LogP contribution in [0, 0.1) is 0 Å². The predicted molar refractivity (Wildman–Crippen MR) is 93.1 cm³/mol. The third-order valence-corrected chi connectivity index (χ3v) is 4.39. The van der Waals surface area contributed by atoms with Gasteiger partial charge >= 0.3 is 12.1 Å². The van der Waals surface area contributed by atoms with E-state index >= 15 is 0 Å². The summed E-state index contributed by atoms with van der Waals surface area (Å²) in [6, 6.07) is 7.70. The Bertz CT molecular complexity index is 1320. The summed E-state index contributed by atoms with van der Waals surface area (Å²) >= 11 is 0. The molecule has 1 N–H and O–H groups in total. The minimum Gasteiger partial charge on any atom is -0.478 e. The van der Waals surface area contributed by atoms with E-state index in [9.17, 15) is 27.9 Å². The zero-order chi connectivity index (χ0) is 20.2. The molecule has 0 spiro atoms. The van der Waals surface area contributed by atoms with Crippen molar-refractivity contribution in [1.82, 2.24) is 19.2 Å². The number of hydrogen-bond acceptors (Lipinski definition) is 4. The Morgan fingerprint density at radius 1 is 1.14 bits per heavy atom. The highest BCUT2D eigenvalue weighted by molar-refractivity contribution is 5.93. The molecule has 4 aromatic rings. The number of carboxylic acid groups (broad SMARTS) is 1. The lowest BCUT2D eigenvalue weighted by molar-refractivity contribution is -0.141. The molecule has 0 saturated carbocycles. The lowest BCUT2D eigenvalue weighted by atomic mass is 10.1. The number of aryl methyl sites for hydroxylation is 1. The van der Waals surface area contributed by atoms with Crippen LogP contribution in [0.1, 0.15) is 16.1 Å². The highest BCUT2D eigenvalue weighted by Crippen LogP contribution is 2.30. The van der Waals surface area contributed by atoms with Crippen molar-refractivity contribution in [3.63, 3.8) is 0 Å². The van der Waals surface area contributed by atoms with E-state index in [4.69, 9.17) is 0 Å². The normalized spacial score (nSPS) is 12.0. The number of aromatic nitrogens is 4. The van der Waals surface area contributed by atoms with Gasteiger partial charge in [-0.3, -0.25) is 14.3 Å². The van der Waals surface area contributed by atoms with Crippen LogP contribution < -0.4 is 5.56 Å². The van der Waals surface area contributed by atoms with Gasteiger partial charge in [0.1, 0.15) is 11.3 Å². The zero-order valence-corrected chi connectivity index (χ0v) is 14.2. The summed E-state index contributed by atoms with van der Waals surface area (Å²) in [5.41, 5.74) is -0.570. The van der Waals surface area contributed by atoms with Gasteiger partial charge in [0.2, 0.25) is 0 Å². The first-order valence-corrected chi connectivity index (χ1v) is 7.96. The summed E-state index contributed by atoms with van der Waals surface area (Å²) in [6.45, 7) is 0. The first kappa shape index (κ1) is 17.7. The maximum Gasteiger partial charge on any atom is 0.433 e. The minimum absolute atomic E-state index is 0.0395. The molecule has 142 valence electrons. The molecule has 0 amide bonds. The van der Waals surface area contributed by atoms with Crippen molar-refractivity contribution < 1.29 is 23.1 Å². The molecule has 0 fully saturated rings. The number of carbonyl (C=O) groups is 1. The van der Waals surface area contributed by atoms with Gasteiger partial charge in [0.25, 0.3) is 5.56 Å². The number of benzene rings is 1. The van der Waals surface area contributed by atoms with Gasteiger partial charge < -0.3 is 5.11 Å². The molecule has 0 atom stereocenters. The fraction of sp³-hybridized carbons (Fsp3) is 0.111. The van der Waals surface area contributed by atoms with Crippen molar-refractivity contribution in [2.75, 3.05) is 0 Å². The van der Waals surface area contributed by atoms with E-state index in [1.165, 1.54) is 46.5 Å². The number of aromatic carboxylic acids is 1. The lowest BCUT2D eigenvalue weighted by Gasteiger charge is -2.07. The van der Waals surface area contributed by atoms with E-state index in [1.54, 1.807) is 0 Å². The molecule has 0 aliphatic heterocycles. The van der Waals surface area contributed by atoms with E-state index in [2.05, 4.69) is 10.1 Å². The topological polar surface area (TPSA) is 89.5 Å². The maximum absolute atomic E-state index is 12.9. The van der Waals surface area contributed by atoms with E-state index in [-0.39, 0.29) is 33.3 Å². The van der Waals surface area contributed by atoms with Gasteiger partial charge in [0, 0.05) is 24.9 Å². The third kappa shape index (κ3) is 2.70. The number of halogens is 3. The fourth-order valence-electron chi connectivity index (χ4n) is 2.98. The molecule has 0 unspecified atom stereocenters. The molecule has 10 heteroatoms. The molecule has 0 aliphatic rings. The molecular formula is C18H11F3N4O3. The van der Waals surface area contributed by atoms with Crippen molar-refractivity contribution in [3.8, 4) is 11.3 Å². The Balaban J connectivity index is 2.02. The Morgan fingerprint density at radius 2 is 1.89 bits per heavy atom. The molecule has 0 radical (unpaired) electrons. The van der Waals surface area contributed by atoms with Crippen LogP contribution in [0.15, 0.2) is 47.4 Å². The van der Waals surface area contributed by atoms with Gasteiger partial charge in [0.15, 0.2) is 0 Å². The number of hydrogen-bond donors (Lipinski definition) is 1. The zero-order valence-electron chi connectivity index (χ0n) is 14.2. The highest BCUT2D eigenvalue weighted by Gasteiger charge is 2.32. The standard InChI is InChI=1S/C18H11F3N4O3/c1-24-15-8-12(9-4-5-22-14(7-9)18(19,20)21)23-25(15)13-6-10(17(27)28)2-3-11(13)16(24)26/h2-8H,1H3,(H,27,28). The molecule has 0 saturated heterocycles. The van der Waals surface area contributed by atoms with Crippen LogP contribution >= 0.6 is 0 Å². The Morgan fingerprint density at radius 3 is 2.57 bits per heavy atom. The predicted octanol–water partition coefficient (Wildman–Crippen LogP) is 2.97. The summed E-state index contributed by atoms with van der Waals surface area (Å²) in [5, 5.41) is 13.7. The molecule has 7 nitrogen and oxygen atoms in total. The van der Waals surface area contributed by atoms with E-state index in [0.717, 1.165) is 12.3 Å². The van der Waals surface area contributed by atoms with E-state index in [0.29, 0.717) is 5.65 Å². The Kier molecular flexibility index (Phi) is 3.74. The van der Waals surface area contributed by atoms with Crippen LogP contribution in [0.4, 0.5) is 13.2 Å². The van der Waals surface area contributed by atoms with Gasteiger partial charge in [-0.1, -0.05) is 0 Å². The first-order valence-electron chi connectivity index (χ1n) is 7.96. The second-order valence-corrected chi connectivity index (χ2v) is 6.13. The molecule has 3 aromatic heterocycles. The first-order chi connectivity index (χ1) is 13.2. The van der Waals surface area contributed by atoms with Crippen LogP contribution in [0.2, 0.25) is 0 Å². The average Bonchev–Trinajstić information content (AvgIpc) is 3.11. The quantitative estimate of drug-likeness (QED) is 0.570. The fourth-order valence-corrected chi connectivity index (χ4v) is 2.98. The number of pyridine rings is 1. The third-order valence-electron chi connectivity index (χ3n) is 4.39. The van der Waals surface area contributed by atoms with Crippen LogP contribution in [-0.2, 0) is 13.2 Å². The molecule has 0 bridgehead atoms. The lowest BCUT2D eigenvalue weighted by Crippen LogP contribution is -2.20. The monoisotopic (exact) mass is 388 g/mol. The van der Waals surface area contributed by atoms with Gasteiger partial charge in [-0.15, -0.1) is 0 Å². The smallest absolute Gasteiger partial charge is 0.433 e. The number of carboxylic acids is 1. The summed E-state index contributed by atoms with van der Waals surface area (Å²) in [6.07, 6.45) is -3.58. The van der Waals surface area contributed by atoms with Gasteiger partial charge in [0.05, 0.1) is 22.2 Å². The number of fused-ring (bicyclic) bond motifs is 3. The number of rotatable bonds is 2. The van der Waals surface area contributed by atoms with Gasteiger partial charge in [-0.2, -0.15) is 18.3 Å². The van der Waals surface area contributed by atoms with Gasteiger partial charge in [-0.05, 0) is 30.3 Å². The second kappa shape index (κ2) is 5.91. The summed E-state index contributed by atoms with van der Waals surface area (Å²) in [7, 11) is 1.50. The van der Waals surface area contributed by atoms with Crippen molar-refractivity contribution in [2.45, 2.75) is 6.18 Å². The van der Waals surface area contributed by atoms with Crippen molar-refractivity contribution >= 4 is 22.5 Å². The molecule has 0 aliphatic carbocycles. The molecule has 4 rings (SSSR count). The number of nitrogens with zero attached hydrogens (tertiary/aromatic N) is 4. The molecule has 28 heavy (non-hydrogen) atoms. The van der Waals surface area contributed by atoms with Gasteiger partial charge in [-0.25, -0.2) is 9.31 Å². The summed E-state index contributed by atoms with van der Waals surface area (Å²) in [4.78, 5) is 27.2. The van der Waals surface area contributed by atoms with Crippen molar-refractivity contribution in [3.05, 3.63) is 64.2 Å². The molecule has 3 heterocycles. The Hall–Kier alpha value is -3.69.